The summed E-state index contributed by atoms with van der Waals surface area (Å²) in [6.07, 6.45) is 1.53. The Bertz CT molecular complexity index is 1020. The van der Waals surface area contributed by atoms with Gasteiger partial charge in [0.05, 0.1) is 18.1 Å². The number of rotatable bonds is 2. The highest BCUT2D eigenvalue weighted by atomic mass is 32.2. The van der Waals surface area contributed by atoms with Crippen LogP contribution in [0.15, 0.2) is 23.1 Å². The molecule has 4 rings (SSSR count). The first-order valence-electron chi connectivity index (χ1n) is 9.78. The Morgan fingerprint density at radius 1 is 0.857 bits per heavy atom. The van der Waals surface area contributed by atoms with E-state index >= 15 is 0 Å². The summed E-state index contributed by atoms with van der Waals surface area (Å²) in [5.41, 5.74) is 5.84. The van der Waals surface area contributed by atoms with Crippen LogP contribution in [0.3, 0.4) is 0 Å². The van der Waals surface area contributed by atoms with Crippen LogP contribution in [-0.2, 0) is 23.0 Å². The second-order valence-electron chi connectivity index (χ2n) is 7.80. The maximum absolute atomic E-state index is 13.6. The van der Waals surface area contributed by atoms with E-state index in [1.807, 2.05) is 39.8 Å². The van der Waals surface area contributed by atoms with Crippen molar-refractivity contribution in [2.75, 3.05) is 19.8 Å². The van der Waals surface area contributed by atoms with Gasteiger partial charge in [-0.05, 0) is 79.6 Å². The largest absolute Gasteiger partial charge is 0.490 e. The zero-order valence-corrected chi connectivity index (χ0v) is 17.8. The van der Waals surface area contributed by atoms with Gasteiger partial charge in [0.2, 0.25) is 10.0 Å². The fourth-order valence-electron chi connectivity index (χ4n) is 4.09. The molecule has 0 aliphatic carbocycles. The smallest absolute Gasteiger partial charge is 0.243 e. The molecule has 2 aromatic rings. The standard InChI is InChI=1S/C22H27NO4S/c1-14-10-15(2)17(4)22(16(14)3)28(24,25)23-7-6-18-11-20-21(12-19(18)13-23)27-9-5-8-26-20/h10-12H,5-9,13H2,1-4H3. The lowest BCUT2D eigenvalue weighted by molar-refractivity contribution is 0.297. The highest BCUT2D eigenvalue weighted by molar-refractivity contribution is 7.89. The van der Waals surface area contributed by atoms with Gasteiger partial charge in [-0.1, -0.05) is 6.07 Å². The van der Waals surface area contributed by atoms with Gasteiger partial charge in [0.1, 0.15) is 0 Å². The van der Waals surface area contributed by atoms with Crippen molar-refractivity contribution in [1.29, 1.82) is 0 Å². The maximum Gasteiger partial charge on any atom is 0.243 e. The zero-order valence-electron chi connectivity index (χ0n) is 17.0. The summed E-state index contributed by atoms with van der Waals surface area (Å²) in [5, 5.41) is 0. The lowest BCUT2D eigenvalue weighted by atomic mass is 10.0. The van der Waals surface area contributed by atoms with Gasteiger partial charge in [0, 0.05) is 19.5 Å². The van der Waals surface area contributed by atoms with Crippen LogP contribution in [0, 0.1) is 27.7 Å². The van der Waals surface area contributed by atoms with Crippen molar-refractivity contribution < 1.29 is 17.9 Å². The van der Waals surface area contributed by atoms with Crippen molar-refractivity contribution in [2.24, 2.45) is 0 Å². The predicted molar refractivity (Wildman–Crippen MR) is 109 cm³/mol. The van der Waals surface area contributed by atoms with Gasteiger partial charge in [0.25, 0.3) is 0 Å². The second kappa shape index (κ2) is 7.08. The highest BCUT2D eigenvalue weighted by Gasteiger charge is 2.32. The molecule has 2 aromatic carbocycles. The Balaban J connectivity index is 1.72. The number of nitrogens with zero attached hydrogens (tertiary/aromatic N) is 1. The van der Waals surface area contributed by atoms with E-state index in [1.54, 1.807) is 4.31 Å². The van der Waals surface area contributed by atoms with Crippen LogP contribution in [0.5, 0.6) is 11.5 Å². The summed E-state index contributed by atoms with van der Waals surface area (Å²) in [5.74, 6) is 1.49. The molecule has 6 heteroatoms. The summed E-state index contributed by atoms with van der Waals surface area (Å²) in [4.78, 5) is 0.461. The van der Waals surface area contributed by atoms with Gasteiger partial charge in [0.15, 0.2) is 11.5 Å². The third-order valence-electron chi connectivity index (χ3n) is 5.94. The van der Waals surface area contributed by atoms with Gasteiger partial charge in [-0.15, -0.1) is 0 Å². The highest BCUT2D eigenvalue weighted by Crippen LogP contribution is 2.37. The van der Waals surface area contributed by atoms with Crippen LogP contribution in [-0.4, -0.2) is 32.5 Å². The Morgan fingerprint density at radius 2 is 1.43 bits per heavy atom. The van der Waals surface area contributed by atoms with Crippen molar-refractivity contribution in [3.63, 3.8) is 0 Å². The van der Waals surface area contributed by atoms with E-state index in [-0.39, 0.29) is 0 Å². The normalized spacial score (nSPS) is 17.1. The van der Waals surface area contributed by atoms with Crippen LogP contribution in [0.4, 0.5) is 0 Å². The lowest BCUT2D eigenvalue weighted by Crippen LogP contribution is -2.36. The monoisotopic (exact) mass is 401 g/mol. The summed E-state index contributed by atoms with van der Waals surface area (Å²) in [6, 6.07) is 6.04. The van der Waals surface area contributed by atoms with Gasteiger partial charge in [-0.2, -0.15) is 4.31 Å². The molecule has 0 radical (unpaired) electrons. The molecule has 0 saturated carbocycles. The molecule has 0 fully saturated rings. The molecule has 2 aliphatic heterocycles. The van der Waals surface area contributed by atoms with Crippen LogP contribution in [0.25, 0.3) is 0 Å². The Labute approximate surface area is 167 Å². The van der Waals surface area contributed by atoms with E-state index < -0.39 is 10.0 Å². The minimum atomic E-state index is -3.58. The van der Waals surface area contributed by atoms with Crippen molar-refractivity contribution in [1.82, 2.24) is 4.31 Å². The van der Waals surface area contributed by atoms with E-state index in [1.165, 1.54) is 0 Å². The molecule has 0 spiro atoms. The number of sulfonamides is 1. The number of fused-ring (bicyclic) bond motifs is 2. The summed E-state index contributed by atoms with van der Waals surface area (Å²) >= 11 is 0. The fourth-order valence-corrected chi connectivity index (χ4v) is 6.08. The molecule has 0 N–H and O–H groups in total. The summed E-state index contributed by atoms with van der Waals surface area (Å²) in [6.45, 7) is 9.85. The van der Waals surface area contributed by atoms with Crippen molar-refractivity contribution >= 4 is 10.0 Å². The molecular formula is C22H27NO4S. The van der Waals surface area contributed by atoms with Crippen LogP contribution in [0.1, 0.15) is 39.8 Å². The Morgan fingerprint density at radius 3 is 2.04 bits per heavy atom. The third kappa shape index (κ3) is 3.18. The summed E-state index contributed by atoms with van der Waals surface area (Å²) < 4.78 is 40.3. The van der Waals surface area contributed by atoms with Gasteiger partial charge < -0.3 is 9.47 Å². The van der Waals surface area contributed by atoms with E-state index in [0.29, 0.717) is 43.4 Å². The average molecular weight is 402 g/mol. The molecule has 150 valence electrons. The molecule has 0 atom stereocenters. The SMILES string of the molecule is Cc1cc(C)c(C)c(S(=O)(=O)N2CCc3cc4c(cc3C2)OCCCO4)c1C. The molecule has 0 amide bonds. The molecule has 5 nitrogen and oxygen atoms in total. The minimum absolute atomic E-state index is 0.361. The average Bonchev–Trinajstić information content (AvgIpc) is 2.89. The van der Waals surface area contributed by atoms with E-state index in [0.717, 1.165) is 45.6 Å². The first-order chi connectivity index (χ1) is 13.3. The third-order valence-corrected chi connectivity index (χ3v) is 8.06. The molecular weight excluding hydrogens is 374 g/mol. The van der Waals surface area contributed by atoms with Gasteiger partial charge in [-0.3, -0.25) is 0 Å². The van der Waals surface area contributed by atoms with Gasteiger partial charge in [-0.25, -0.2) is 8.42 Å². The second-order valence-corrected chi connectivity index (χ2v) is 9.67. The number of ether oxygens (including phenoxy) is 2. The van der Waals surface area contributed by atoms with Gasteiger partial charge >= 0.3 is 0 Å². The Hall–Kier alpha value is -2.05. The van der Waals surface area contributed by atoms with Crippen LogP contribution >= 0.6 is 0 Å². The quantitative estimate of drug-likeness (QED) is 0.767. The fraction of sp³-hybridized carbons (Fsp3) is 0.455. The number of aryl methyl sites for hydroxylation is 2. The topological polar surface area (TPSA) is 55.8 Å². The van der Waals surface area contributed by atoms with Crippen molar-refractivity contribution in [3.05, 3.63) is 51.6 Å². The first-order valence-corrected chi connectivity index (χ1v) is 11.2. The molecule has 0 aromatic heterocycles. The van der Waals surface area contributed by atoms with Crippen molar-refractivity contribution in [2.45, 2.75) is 52.0 Å². The zero-order chi connectivity index (χ0) is 20.1. The van der Waals surface area contributed by atoms with E-state index in [9.17, 15) is 8.42 Å². The van der Waals surface area contributed by atoms with Crippen molar-refractivity contribution in [3.8, 4) is 11.5 Å². The van der Waals surface area contributed by atoms with Crippen LogP contribution < -0.4 is 9.47 Å². The molecule has 0 unspecified atom stereocenters. The lowest BCUT2D eigenvalue weighted by Gasteiger charge is -2.30. The number of hydrogen-bond acceptors (Lipinski definition) is 4. The van der Waals surface area contributed by atoms with Crippen LogP contribution in [0.2, 0.25) is 0 Å². The molecule has 2 aliphatic rings. The maximum atomic E-state index is 13.6. The number of hydrogen-bond donors (Lipinski definition) is 0. The molecule has 0 saturated heterocycles. The van der Waals surface area contributed by atoms with E-state index in [2.05, 4.69) is 6.07 Å². The number of benzene rings is 2. The predicted octanol–water partition coefficient (Wildman–Crippen LogP) is 3.83. The molecule has 28 heavy (non-hydrogen) atoms. The molecule has 0 bridgehead atoms. The minimum Gasteiger partial charge on any atom is -0.490 e. The molecule has 2 heterocycles. The first kappa shape index (κ1) is 19.3. The van der Waals surface area contributed by atoms with E-state index in [4.69, 9.17) is 9.47 Å². The Kier molecular flexibility index (Phi) is 4.88. The summed E-state index contributed by atoms with van der Waals surface area (Å²) in [7, 11) is -3.58.